The van der Waals surface area contributed by atoms with Crippen LogP contribution in [0.25, 0.3) is 6.08 Å². The second-order valence-corrected chi connectivity index (χ2v) is 9.23. The van der Waals surface area contributed by atoms with Crippen molar-refractivity contribution in [3.63, 3.8) is 0 Å². The molecule has 0 spiro atoms. The summed E-state index contributed by atoms with van der Waals surface area (Å²) in [5.74, 6) is -0.926. The number of rotatable bonds is 6. The summed E-state index contributed by atoms with van der Waals surface area (Å²) in [6.45, 7) is -0.750. The number of benzene rings is 1. The fourth-order valence-corrected chi connectivity index (χ4v) is 5.78. The summed E-state index contributed by atoms with van der Waals surface area (Å²) in [6, 6.07) is 7.66. The van der Waals surface area contributed by atoms with Crippen LogP contribution in [-0.2, 0) is 19.9 Å². The molecule has 1 fully saturated rings. The van der Waals surface area contributed by atoms with Crippen molar-refractivity contribution in [2.45, 2.75) is 12.1 Å². The second kappa shape index (κ2) is 7.10. The molecule has 0 aliphatic carbocycles. The van der Waals surface area contributed by atoms with Gasteiger partial charge in [0.15, 0.2) is 9.84 Å². The van der Waals surface area contributed by atoms with Crippen LogP contribution in [0.1, 0.15) is 5.56 Å². The van der Waals surface area contributed by atoms with Crippen molar-refractivity contribution < 1.29 is 27.0 Å². The van der Waals surface area contributed by atoms with Crippen LogP contribution in [0.3, 0.4) is 0 Å². The lowest BCUT2D eigenvalue weighted by atomic mass is 10.2. The molecule has 0 saturated carbocycles. The van der Waals surface area contributed by atoms with Gasteiger partial charge >= 0.3 is 0 Å². The zero-order chi connectivity index (χ0) is 17.1. The highest BCUT2D eigenvalue weighted by molar-refractivity contribution is 7.93. The van der Waals surface area contributed by atoms with Gasteiger partial charge < -0.3 is 10.2 Å². The maximum absolute atomic E-state index is 12.5. The number of nitrogens with zero attached hydrogens (tertiary/aromatic N) is 1. The fraction of sp³-hybridized carbons (Fsp3) is 0.429. The molecule has 1 aliphatic heterocycles. The van der Waals surface area contributed by atoms with Gasteiger partial charge in [-0.1, -0.05) is 30.3 Å². The Bertz CT molecular complexity index is 758. The highest BCUT2D eigenvalue weighted by Gasteiger charge is 2.43. The van der Waals surface area contributed by atoms with Crippen molar-refractivity contribution in [2.75, 3.05) is 24.7 Å². The SMILES string of the molecule is O=S1(=O)CC(O)C(N(CCO)S(=O)(=O)/C=C/c2ccccc2)C1. The summed E-state index contributed by atoms with van der Waals surface area (Å²) in [5.41, 5.74) is 0.666. The van der Waals surface area contributed by atoms with Crippen LogP contribution in [0.15, 0.2) is 35.7 Å². The van der Waals surface area contributed by atoms with Gasteiger partial charge in [0.1, 0.15) is 0 Å². The fourth-order valence-electron chi connectivity index (χ4n) is 2.47. The van der Waals surface area contributed by atoms with Crippen molar-refractivity contribution in [1.82, 2.24) is 4.31 Å². The smallest absolute Gasteiger partial charge is 0.236 e. The van der Waals surface area contributed by atoms with Crippen LogP contribution in [0, 0.1) is 0 Å². The standard InChI is InChI=1S/C14H19NO6S2/c16-8-7-15(13-10-22(18,19)11-14(13)17)23(20,21)9-6-12-4-2-1-3-5-12/h1-6,9,13-14,16-17H,7-8,10-11H2/b9-6+. The van der Waals surface area contributed by atoms with Gasteiger partial charge in [-0.3, -0.25) is 0 Å². The first-order valence-electron chi connectivity index (χ1n) is 6.99. The van der Waals surface area contributed by atoms with Gasteiger partial charge in [-0.15, -0.1) is 0 Å². The maximum Gasteiger partial charge on any atom is 0.236 e. The first kappa shape index (κ1) is 18.1. The van der Waals surface area contributed by atoms with Crippen molar-refractivity contribution in [3.05, 3.63) is 41.3 Å². The molecule has 9 heteroatoms. The summed E-state index contributed by atoms with van der Waals surface area (Å²) in [4.78, 5) is 0. The number of sulfonamides is 1. The average molecular weight is 361 g/mol. The zero-order valence-corrected chi connectivity index (χ0v) is 13.9. The van der Waals surface area contributed by atoms with Gasteiger partial charge in [0, 0.05) is 12.0 Å². The largest absolute Gasteiger partial charge is 0.395 e. The van der Waals surface area contributed by atoms with Gasteiger partial charge in [-0.25, -0.2) is 16.8 Å². The molecule has 1 aromatic rings. The third-order valence-corrected chi connectivity index (χ3v) is 6.83. The first-order chi connectivity index (χ1) is 10.7. The van der Waals surface area contributed by atoms with E-state index in [1.807, 2.05) is 0 Å². The summed E-state index contributed by atoms with van der Waals surface area (Å²) < 4.78 is 49.0. The Labute approximate surface area is 135 Å². The van der Waals surface area contributed by atoms with Crippen LogP contribution >= 0.6 is 0 Å². The summed E-state index contributed by atoms with van der Waals surface area (Å²) in [5, 5.41) is 19.9. The molecule has 2 unspecified atom stereocenters. The quantitative estimate of drug-likeness (QED) is 0.702. The minimum atomic E-state index is -3.98. The Balaban J connectivity index is 2.27. The van der Waals surface area contributed by atoms with Gasteiger partial charge in [-0.2, -0.15) is 4.31 Å². The molecule has 1 saturated heterocycles. The molecule has 2 N–H and O–H groups in total. The molecule has 1 aliphatic rings. The molecule has 2 rings (SSSR count). The van der Waals surface area contributed by atoms with E-state index in [2.05, 4.69) is 0 Å². The van der Waals surface area contributed by atoms with E-state index in [0.29, 0.717) is 5.56 Å². The van der Waals surface area contributed by atoms with Crippen LogP contribution in [-0.4, -0.2) is 68.2 Å². The molecule has 1 heterocycles. The number of aliphatic hydroxyl groups excluding tert-OH is 2. The maximum atomic E-state index is 12.5. The lowest BCUT2D eigenvalue weighted by Crippen LogP contribution is -2.47. The second-order valence-electron chi connectivity index (χ2n) is 5.30. The molecule has 0 bridgehead atoms. The minimum absolute atomic E-state index is 0.279. The van der Waals surface area contributed by atoms with Crippen LogP contribution in [0.2, 0.25) is 0 Å². The molecule has 2 atom stereocenters. The van der Waals surface area contributed by atoms with E-state index in [4.69, 9.17) is 5.11 Å². The summed E-state index contributed by atoms with van der Waals surface area (Å²) in [6.07, 6.45) is 0.0849. The predicted molar refractivity (Wildman–Crippen MR) is 86.6 cm³/mol. The van der Waals surface area contributed by atoms with Crippen molar-refractivity contribution in [3.8, 4) is 0 Å². The summed E-state index contributed by atoms with van der Waals surface area (Å²) in [7, 11) is -7.48. The molecule has 0 radical (unpaired) electrons. The van der Waals surface area contributed by atoms with E-state index >= 15 is 0 Å². The van der Waals surface area contributed by atoms with E-state index in [-0.39, 0.29) is 6.54 Å². The molecular weight excluding hydrogens is 342 g/mol. The highest BCUT2D eigenvalue weighted by atomic mass is 32.2. The molecular formula is C14H19NO6S2. The molecule has 1 aromatic carbocycles. The first-order valence-corrected chi connectivity index (χ1v) is 10.3. The normalized spacial score (nSPS) is 24.5. The van der Waals surface area contributed by atoms with Crippen molar-refractivity contribution in [2.24, 2.45) is 0 Å². The Morgan fingerprint density at radius 3 is 2.39 bits per heavy atom. The third-order valence-electron chi connectivity index (χ3n) is 3.54. The third kappa shape index (κ3) is 4.61. The molecule has 128 valence electrons. The van der Waals surface area contributed by atoms with Crippen LogP contribution < -0.4 is 0 Å². The molecule has 7 nitrogen and oxygen atoms in total. The van der Waals surface area contributed by atoms with Crippen LogP contribution in [0.5, 0.6) is 0 Å². The lowest BCUT2D eigenvalue weighted by molar-refractivity contribution is 0.118. The topological polar surface area (TPSA) is 112 Å². The number of hydrogen-bond acceptors (Lipinski definition) is 6. The minimum Gasteiger partial charge on any atom is -0.395 e. The highest BCUT2D eigenvalue weighted by Crippen LogP contribution is 2.22. The number of sulfone groups is 1. The van der Waals surface area contributed by atoms with E-state index in [1.54, 1.807) is 30.3 Å². The predicted octanol–water partition coefficient (Wildman–Crippen LogP) is -0.561. The van der Waals surface area contributed by atoms with Gasteiger partial charge in [0.25, 0.3) is 0 Å². The van der Waals surface area contributed by atoms with Crippen molar-refractivity contribution in [1.29, 1.82) is 0 Å². The Kier molecular flexibility index (Phi) is 5.58. The Morgan fingerprint density at radius 2 is 1.87 bits per heavy atom. The molecule has 23 heavy (non-hydrogen) atoms. The zero-order valence-electron chi connectivity index (χ0n) is 12.3. The molecule has 0 aromatic heterocycles. The van der Waals surface area contributed by atoms with E-state index in [9.17, 15) is 21.9 Å². The van der Waals surface area contributed by atoms with Gasteiger partial charge in [-0.05, 0) is 11.6 Å². The molecule has 0 amide bonds. The van der Waals surface area contributed by atoms with Crippen LogP contribution in [0.4, 0.5) is 0 Å². The Morgan fingerprint density at radius 1 is 1.22 bits per heavy atom. The van der Waals surface area contributed by atoms with E-state index in [0.717, 1.165) is 9.71 Å². The van der Waals surface area contributed by atoms with Gasteiger partial charge in [0.2, 0.25) is 10.0 Å². The van der Waals surface area contributed by atoms with Crippen molar-refractivity contribution >= 4 is 25.9 Å². The average Bonchev–Trinajstić information content (AvgIpc) is 2.76. The Hall–Kier alpha value is -1.26. The van der Waals surface area contributed by atoms with Gasteiger partial charge in [0.05, 0.1) is 30.3 Å². The summed E-state index contributed by atoms with van der Waals surface area (Å²) >= 11 is 0. The van der Waals surface area contributed by atoms with E-state index in [1.165, 1.54) is 6.08 Å². The number of hydrogen-bond donors (Lipinski definition) is 2. The number of aliphatic hydroxyl groups is 2. The van der Waals surface area contributed by atoms with E-state index < -0.39 is 50.1 Å². The lowest BCUT2D eigenvalue weighted by Gasteiger charge is -2.27. The monoisotopic (exact) mass is 361 g/mol.